The highest BCUT2D eigenvalue weighted by atomic mass is 16.5. The number of benzene rings is 1. The Morgan fingerprint density at radius 2 is 1.75 bits per heavy atom. The molecule has 0 spiro atoms. The molecule has 0 saturated heterocycles. The topological polar surface area (TPSA) is 57.5 Å². The highest BCUT2D eigenvalue weighted by Crippen LogP contribution is 2.20. The monoisotopic (exact) mass is 329 g/mol. The Kier molecular flexibility index (Phi) is 5.44. The van der Waals surface area contributed by atoms with Crippen LogP contribution >= 0.6 is 0 Å². The number of esters is 1. The van der Waals surface area contributed by atoms with Crippen LogP contribution in [0.25, 0.3) is 0 Å². The zero-order valence-corrected chi connectivity index (χ0v) is 14.8. The second-order valence-corrected chi connectivity index (χ2v) is 5.98. The molecule has 0 amide bonds. The second-order valence-electron chi connectivity index (χ2n) is 5.98. The molecule has 0 atom stereocenters. The molecule has 5 nitrogen and oxygen atoms in total. The molecule has 0 N–H and O–H groups in total. The first-order valence-corrected chi connectivity index (χ1v) is 7.88. The van der Waals surface area contributed by atoms with Crippen molar-refractivity contribution in [2.24, 2.45) is 0 Å². The summed E-state index contributed by atoms with van der Waals surface area (Å²) in [6, 6.07) is 8.68. The van der Waals surface area contributed by atoms with Crippen molar-refractivity contribution in [2.75, 3.05) is 13.7 Å². The van der Waals surface area contributed by atoms with Crippen molar-refractivity contribution in [3.8, 4) is 5.75 Å². The van der Waals surface area contributed by atoms with E-state index in [1.165, 1.54) is 0 Å². The molecule has 5 heteroatoms. The van der Waals surface area contributed by atoms with E-state index in [4.69, 9.17) is 9.47 Å². The number of rotatable bonds is 6. The molecule has 0 fully saturated rings. The summed E-state index contributed by atoms with van der Waals surface area (Å²) in [6.07, 6.45) is 0. The van der Waals surface area contributed by atoms with Gasteiger partial charge in [-0.1, -0.05) is 0 Å². The zero-order valence-electron chi connectivity index (χ0n) is 14.8. The van der Waals surface area contributed by atoms with Gasteiger partial charge in [-0.05, 0) is 58.0 Å². The number of ketones is 1. The first-order valence-electron chi connectivity index (χ1n) is 7.88. The van der Waals surface area contributed by atoms with Crippen LogP contribution in [0.3, 0.4) is 0 Å². The van der Waals surface area contributed by atoms with E-state index in [1.54, 1.807) is 31.4 Å². The van der Waals surface area contributed by atoms with Crippen LogP contribution in [0.1, 0.15) is 52.0 Å². The molecular weight excluding hydrogens is 306 g/mol. The molecule has 24 heavy (non-hydrogen) atoms. The molecule has 0 aliphatic carbocycles. The van der Waals surface area contributed by atoms with Gasteiger partial charge in [-0.3, -0.25) is 4.79 Å². The summed E-state index contributed by atoms with van der Waals surface area (Å²) in [4.78, 5) is 24.4. The lowest BCUT2D eigenvalue weighted by molar-refractivity contribution is 0.0474. The molecule has 1 aromatic heterocycles. The lowest BCUT2D eigenvalue weighted by Gasteiger charge is -2.13. The normalized spacial score (nSPS) is 10.8. The fourth-order valence-corrected chi connectivity index (χ4v) is 2.87. The van der Waals surface area contributed by atoms with Gasteiger partial charge in [-0.25, -0.2) is 4.79 Å². The summed E-state index contributed by atoms with van der Waals surface area (Å²) in [5.41, 5.74) is 2.90. The maximum atomic E-state index is 12.4. The second kappa shape index (κ2) is 7.34. The number of aromatic nitrogens is 1. The van der Waals surface area contributed by atoms with Crippen LogP contribution in [0, 0.1) is 13.8 Å². The Morgan fingerprint density at radius 1 is 1.12 bits per heavy atom. The van der Waals surface area contributed by atoms with Crippen molar-refractivity contribution in [3.05, 3.63) is 52.8 Å². The summed E-state index contributed by atoms with van der Waals surface area (Å²) < 4.78 is 12.3. The van der Waals surface area contributed by atoms with Gasteiger partial charge in [0.15, 0.2) is 6.61 Å². The van der Waals surface area contributed by atoms with Crippen LogP contribution in [0.2, 0.25) is 0 Å². The Labute approximate surface area is 142 Å². The standard InChI is InChI=1S/C19H23NO4/c1-12(2)20-13(3)10-17(14(20)4)18(21)11-24-19(22)15-6-8-16(23-5)9-7-15/h6-10,12H,11H2,1-5H3. The molecule has 0 aliphatic rings. The third-order valence-electron chi connectivity index (χ3n) is 3.96. The van der Waals surface area contributed by atoms with E-state index >= 15 is 0 Å². The minimum absolute atomic E-state index is 0.197. The number of Topliss-reactive ketones (excluding diaryl/α,β-unsaturated/α-hetero) is 1. The van der Waals surface area contributed by atoms with E-state index in [1.807, 2.05) is 19.9 Å². The Morgan fingerprint density at radius 3 is 2.25 bits per heavy atom. The van der Waals surface area contributed by atoms with Crippen LogP contribution in [-0.2, 0) is 4.74 Å². The van der Waals surface area contributed by atoms with Gasteiger partial charge in [-0.15, -0.1) is 0 Å². The maximum absolute atomic E-state index is 12.4. The molecule has 2 aromatic rings. The average Bonchev–Trinajstić information content (AvgIpc) is 2.87. The highest BCUT2D eigenvalue weighted by Gasteiger charge is 2.18. The van der Waals surface area contributed by atoms with Gasteiger partial charge in [0.25, 0.3) is 0 Å². The minimum Gasteiger partial charge on any atom is -0.497 e. The average molecular weight is 329 g/mol. The van der Waals surface area contributed by atoms with Gasteiger partial charge < -0.3 is 14.0 Å². The van der Waals surface area contributed by atoms with Gasteiger partial charge in [0.2, 0.25) is 5.78 Å². The SMILES string of the molecule is COc1ccc(C(=O)OCC(=O)c2cc(C)n(C(C)C)c2C)cc1. The van der Waals surface area contributed by atoms with Crippen LogP contribution in [0.5, 0.6) is 5.75 Å². The minimum atomic E-state index is -0.524. The predicted molar refractivity (Wildman–Crippen MR) is 91.9 cm³/mol. The quantitative estimate of drug-likeness (QED) is 0.598. The lowest BCUT2D eigenvalue weighted by Crippen LogP contribution is -2.15. The summed E-state index contributed by atoms with van der Waals surface area (Å²) >= 11 is 0. The lowest BCUT2D eigenvalue weighted by atomic mass is 10.1. The molecule has 1 heterocycles. The molecule has 0 saturated carbocycles. The predicted octanol–water partition coefficient (Wildman–Crippen LogP) is 3.73. The molecule has 2 rings (SSSR count). The van der Waals surface area contributed by atoms with Gasteiger partial charge in [0.1, 0.15) is 5.75 Å². The first-order chi connectivity index (χ1) is 11.3. The van der Waals surface area contributed by atoms with Crippen molar-refractivity contribution in [3.63, 3.8) is 0 Å². The molecule has 0 unspecified atom stereocenters. The van der Waals surface area contributed by atoms with Gasteiger partial charge in [-0.2, -0.15) is 0 Å². The van der Waals surface area contributed by atoms with E-state index in [0.29, 0.717) is 16.9 Å². The molecule has 0 bridgehead atoms. The Bertz CT molecular complexity index is 741. The largest absolute Gasteiger partial charge is 0.497 e. The molecule has 128 valence electrons. The van der Waals surface area contributed by atoms with Crippen molar-refractivity contribution in [2.45, 2.75) is 33.7 Å². The summed E-state index contributed by atoms with van der Waals surface area (Å²) in [6.45, 7) is 7.74. The smallest absolute Gasteiger partial charge is 0.338 e. The highest BCUT2D eigenvalue weighted by molar-refractivity contribution is 6.00. The number of ether oxygens (including phenoxy) is 2. The van der Waals surface area contributed by atoms with E-state index in [-0.39, 0.29) is 18.4 Å². The number of carbonyl (C=O) groups excluding carboxylic acids is 2. The zero-order chi connectivity index (χ0) is 17.9. The molecule has 0 radical (unpaired) electrons. The van der Waals surface area contributed by atoms with E-state index in [9.17, 15) is 9.59 Å². The summed E-state index contributed by atoms with van der Waals surface area (Å²) in [5, 5.41) is 0. The first kappa shape index (κ1) is 17.8. The van der Waals surface area contributed by atoms with Gasteiger partial charge in [0.05, 0.1) is 12.7 Å². The van der Waals surface area contributed by atoms with Gasteiger partial charge >= 0.3 is 5.97 Å². The number of hydrogen-bond donors (Lipinski definition) is 0. The number of nitrogens with zero attached hydrogens (tertiary/aromatic N) is 1. The van der Waals surface area contributed by atoms with E-state index in [2.05, 4.69) is 18.4 Å². The Hall–Kier alpha value is -2.56. The van der Waals surface area contributed by atoms with E-state index in [0.717, 1.165) is 11.4 Å². The summed E-state index contributed by atoms with van der Waals surface area (Å²) in [5.74, 6) is -0.0655. The van der Waals surface area contributed by atoms with E-state index < -0.39 is 5.97 Å². The molecule has 1 aromatic carbocycles. The van der Waals surface area contributed by atoms with Crippen LogP contribution in [0.4, 0.5) is 0 Å². The van der Waals surface area contributed by atoms with Crippen molar-refractivity contribution in [1.29, 1.82) is 0 Å². The number of carbonyl (C=O) groups is 2. The third kappa shape index (κ3) is 3.67. The number of aryl methyl sites for hydroxylation is 1. The van der Waals surface area contributed by atoms with Crippen molar-refractivity contribution < 1.29 is 19.1 Å². The number of methoxy groups -OCH3 is 1. The molecular formula is C19H23NO4. The van der Waals surface area contributed by atoms with Crippen LogP contribution in [0.15, 0.2) is 30.3 Å². The van der Waals surface area contributed by atoms with Gasteiger partial charge in [0, 0.05) is 23.0 Å². The number of hydrogen-bond acceptors (Lipinski definition) is 4. The fraction of sp³-hybridized carbons (Fsp3) is 0.368. The molecule has 0 aliphatic heterocycles. The van der Waals surface area contributed by atoms with Crippen molar-refractivity contribution in [1.82, 2.24) is 4.57 Å². The third-order valence-corrected chi connectivity index (χ3v) is 3.96. The van der Waals surface area contributed by atoms with Crippen molar-refractivity contribution >= 4 is 11.8 Å². The van der Waals surface area contributed by atoms with Crippen LogP contribution < -0.4 is 4.74 Å². The summed E-state index contributed by atoms with van der Waals surface area (Å²) in [7, 11) is 1.56. The Balaban J connectivity index is 2.05. The fourth-order valence-electron chi connectivity index (χ4n) is 2.87. The maximum Gasteiger partial charge on any atom is 0.338 e. The van der Waals surface area contributed by atoms with Crippen LogP contribution in [-0.4, -0.2) is 30.0 Å².